The molecule has 5 nitrogen and oxygen atoms in total. The summed E-state index contributed by atoms with van der Waals surface area (Å²) in [5.74, 6) is 0.972. The maximum atomic E-state index is 12.3. The summed E-state index contributed by atoms with van der Waals surface area (Å²) in [7, 11) is 0. The van der Waals surface area contributed by atoms with Crippen LogP contribution < -0.4 is 10.2 Å². The maximum Gasteiger partial charge on any atom is 0.321 e. The number of rotatable bonds is 2. The van der Waals surface area contributed by atoms with Gasteiger partial charge < -0.3 is 15.1 Å². The first-order valence-corrected chi connectivity index (χ1v) is 8.28. The Bertz CT molecular complexity index is 642. The molecule has 1 fully saturated rings. The summed E-state index contributed by atoms with van der Waals surface area (Å²) in [6.07, 6.45) is 1.80. The molecule has 0 spiro atoms. The van der Waals surface area contributed by atoms with Crippen molar-refractivity contribution in [3.8, 4) is 0 Å². The molecule has 0 saturated carbocycles. The van der Waals surface area contributed by atoms with Gasteiger partial charge in [0, 0.05) is 41.6 Å². The predicted octanol–water partition coefficient (Wildman–Crippen LogP) is 3.04. The number of nitrogens with zero attached hydrogens (tertiary/aromatic N) is 3. The zero-order valence-corrected chi connectivity index (χ0v) is 14.2. The number of pyridine rings is 1. The number of amides is 2. The van der Waals surface area contributed by atoms with Crippen LogP contribution in [-0.2, 0) is 0 Å². The van der Waals surface area contributed by atoms with Gasteiger partial charge in [0.2, 0.25) is 0 Å². The lowest BCUT2D eigenvalue weighted by molar-refractivity contribution is 0.208. The highest BCUT2D eigenvalue weighted by Gasteiger charge is 2.21. The molecule has 2 aromatic rings. The molecule has 6 heteroatoms. The molecule has 0 unspecified atom stereocenters. The number of carbonyl (C=O) groups excluding carboxylic acids is 1. The third-order valence-electron chi connectivity index (χ3n) is 3.62. The molecule has 1 aromatic heterocycles. The van der Waals surface area contributed by atoms with E-state index in [4.69, 9.17) is 0 Å². The van der Waals surface area contributed by atoms with Crippen LogP contribution in [0.15, 0.2) is 48.7 Å². The van der Waals surface area contributed by atoms with Crippen LogP contribution in [-0.4, -0.2) is 42.1 Å². The van der Waals surface area contributed by atoms with Crippen LogP contribution in [0.4, 0.5) is 16.3 Å². The van der Waals surface area contributed by atoms with E-state index in [0.29, 0.717) is 13.1 Å². The Labute approximate surface area is 143 Å². The Hall–Kier alpha value is -1.83. The Morgan fingerprint density at radius 2 is 1.91 bits per heavy atom. The monoisotopic (exact) mass is 408 g/mol. The number of halogens is 1. The third kappa shape index (κ3) is 3.68. The van der Waals surface area contributed by atoms with E-state index in [0.717, 1.165) is 28.2 Å². The summed E-state index contributed by atoms with van der Waals surface area (Å²) in [4.78, 5) is 20.7. The zero-order chi connectivity index (χ0) is 15.4. The predicted molar refractivity (Wildman–Crippen MR) is 96.2 cm³/mol. The molecule has 1 aliphatic rings. The summed E-state index contributed by atoms with van der Waals surface area (Å²) in [6, 6.07) is 13.7. The van der Waals surface area contributed by atoms with Crippen molar-refractivity contribution in [2.45, 2.75) is 0 Å². The van der Waals surface area contributed by atoms with E-state index in [2.05, 4.69) is 37.8 Å². The minimum atomic E-state index is -0.0392. The minimum Gasteiger partial charge on any atom is -0.353 e. The second-order valence-corrected chi connectivity index (χ2v) is 6.35. The van der Waals surface area contributed by atoms with E-state index < -0.39 is 0 Å². The van der Waals surface area contributed by atoms with Crippen LogP contribution in [0.2, 0.25) is 0 Å². The fourth-order valence-electron chi connectivity index (χ4n) is 2.45. The number of urea groups is 1. The summed E-state index contributed by atoms with van der Waals surface area (Å²) < 4.78 is 1.11. The molecule has 3 rings (SSSR count). The molecule has 2 heterocycles. The lowest BCUT2D eigenvalue weighted by atomic mass is 10.3. The third-order valence-corrected chi connectivity index (χ3v) is 4.29. The van der Waals surface area contributed by atoms with Gasteiger partial charge in [-0.25, -0.2) is 9.78 Å². The van der Waals surface area contributed by atoms with Gasteiger partial charge in [-0.05, 0) is 52.9 Å². The Morgan fingerprint density at radius 1 is 1.09 bits per heavy atom. The van der Waals surface area contributed by atoms with Crippen molar-refractivity contribution < 1.29 is 4.79 Å². The lowest BCUT2D eigenvalue weighted by Gasteiger charge is -2.35. The van der Waals surface area contributed by atoms with Crippen molar-refractivity contribution in [3.05, 3.63) is 52.2 Å². The van der Waals surface area contributed by atoms with Gasteiger partial charge in [-0.3, -0.25) is 0 Å². The molecule has 0 aliphatic carbocycles. The number of hydrogen-bond donors (Lipinski definition) is 1. The van der Waals surface area contributed by atoms with Gasteiger partial charge in [-0.15, -0.1) is 0 Å². The summed E-state index contributed by atoms with van der Waals surface area (Å²) >= 11 is 2.24. The van der Waals surface area contributed by atoms with Crippen LogP contribution in [0, 0.1) is 3.57 Å². The second kappa shape index (κ2) is 6.95. The van der Waals surface area contributed by atoms with Crippen LogP contribution in [0.3, 0.4) is 0 Å². The van der Waals surface area contributed by atoms with Gasteiger partial charge in [-0.1, -0.05) is 12.1 Å². The summed E-state index contributed by atoms with van der Waals surface area (Å²) in [6.45, 7) is 3.01. The highest BCUT2D eigenvalue weighted by molar-refractivity contribution is 14.1. The molecule has 2 amide bonds. The van der Waals surface area contributed by atoms with Crippen molar-refractivity contribution >= 4 is 40.1 Å². The van der Waals surface area contributed by atoms with E-state index in [-0.39, 0.29) is 6.03 Å². The van der Waals surface area contributed by atoms with Gasteiger partial charge in [0.1, 0.15) is 5.82 Å². The molecule has 22 heavy (non-hydrogen) atoms. The van der Waals surface area contributed by atoms with Gasteiger partial charge >= 0.3 is 6.03 Å². The Kier molecular flexibility index (Phi) is 4.77. The number of carbonyl (C=O) groups is 1. The number of aromatic nitrogens is 1. The molecule has 1 N–H and O–H groups in total. The lowest BCUT2D eigenvalue weighted by Crippen LogP contribution is -2.50. The van der Waals surface area contributed by atoms with Crippen LogP contribution in [0.1, 0.15) is 0 Å². The number of hydrogen-bond acceptors (Lipinski definition) is 3. The molecule has 1 aliphatic heterocycles. The molecule has 0 bridgehead atoms. The molecule has 1 saturated heterocycles. The first-order chi connectivity index (χ1) is 10.7. The molecule has 0 atom stereocenters. The first kappa shape index (κ1) is 15.1. The number of nitrogens with one attached hydrogen (secondary N) is 1. The fourth-order valence-corrected chi connectivity index (χ4v) is 2.99. The van der Waals surface area contributed by atoms with Crippen molar-refractivity contribution in [1.29, 1.82) is 0 Å². The quantitative estimate of drug-likeness (QED) is 0.778. The van der Waals surface area contributed by atoms with Gasteiger partial charge in [0.25, 0.3) is 0 Å². The average Bonchev–Trinajstić information content (AvgIpc) is 2.56. The largest absolute Gasteiger partial charge is 0.353 e. The minimum absolute atomic E-state index is 0.0392. The molecule has 114 valence electrons. The van der Waals surface area contributed by atoms with Crippen molar-refractivity contribution in [3.63, 3.8) is 0 Å². The van der Waals surface area contributed by atoms with Gasteiger partial charge in [0.15, 0.2) is 0 Å². The number of benzene rings is 1. The Balaban J connectivity index is 1.56. The van der Waals surface area contributed by atoms with E-state index in [1.54, 1.807) is 6.20 Å². The average molecular weight is 408 g/mol. The standard InChI is InChI=1S/C16H17IN4O/c17-13-4-3-5-14(12-13)19-16(22)21-10-8-20(9-11-21)15-6-1-2-7-18-15/h1-7,12H,8-11H2,(H,19,22). The Morgan fingerprint density at radius 3 is 2.59 bits per heavy atom. The number of piperazine rings is 1. The molecular weight excluding hydrogens is 391 g/mol. The topological polar surface area (TPSA) is 48.5 Å². The van der Waals surface area contributed by atoms with Crippen molar-refractivity contribution in [2.24, 2.45) is 0 Å². The second-order valence-electron chi connectivity index (χ2n) is 5.10. The van der Waals surface area contributed by atoms with Crippen LogP contribution in [0.25, 0.3) is 0 Å². The van der Waals surface area contributed by atoms with Crippen LogP contribution >= 0.6 is 22.6 Å². The first-order valence-electron chi connectivity index (χ1n) is 7.20. The SMILES string of the molecule is O=C(Nc1cccc(I)c1)N1CCN(c2ccccn2)CC1. The summed E-state index contributed by atoms with van der Waals surface area (Å²) in [5.41, 5.74) is 0.837. The van der Waals surface area contributed by atoms with Crippen molar-refractivity contribution in [1.82, 2.24) is 9.88 Å². The van der Waals surface area contributed by atoms with Crippen LogP contribution in [0.5, 0.6) is 0 Å². The number of anilines is 2. The smallest absolute Gasteiger partial charge is 0.321 e. The fraction of sp³-hybridized carbons (Fsp3) is 0.250. The zero-order valence-electron chi connectivity index (χ0n) is 12.1. The van der Waals surface area contributed by atoms with E-state index in [9.17, 15) is 4.79 Å². The summed E-state index contributed by atoms with van der Waals surface area (Å²) in [5, 5.41) is 2.96. The molecule has 1 aromatic carbocycles. The normalized spacial score (nSPS) is 14.8. The van der Waals surface area contributed by atoms with Gasteiger partial charge in [0.05, 0.1) is 0 Å². The molecular formula is C16H17IN4O. The maximum absolute atomic E-state index is 12.3. The molecule has 0 radical (unpaired) electrons. The van der Waals surface area contributed by atoms with Gasteiger partial charge in [-0.2, -0.15) is 0 Å². The van der Waals surface area contributed by atoms with E-state index in [1.807, 2.05) is 47.4 Å². The highest BCUT2D eigenvalue weighted by atomic mass is 127. The van der Waals surface area contributed by atoms with E-state index in [1.165, 1.54) is 0 Å². The highest BCUT2D eigenvalue weighted by Crippen LogP contribution is 2.15. The van der Waals surface area contributed by atoms with Crippen molar-refractivity contribution in [2.75, 3.05) is 36.4 Å². The van der Waals surface area contributed by atoms with E-state index >= 15 is 0 Å².